The lowest BCUT2D eigenvalue weighted by Crippen LogP contribution is -2.29. The van der Waals surface area contributed by atoms with Gasteiger partial charge < -0.3 is 15.4 Å². The first-order valence-electron chi connectivity index (χ1n) is 6.64. The maximum absolute atomic E-state index is 6.08. The van der Waals surface area contributed by atoms with Gasteiger partial charge in [0.05, 0.1) is 22.9 Å². The Balaban J connectivity index is 1.96. The van der Waals surface area contributed by atoms with Crippen molar-refractivity contribution in [3.05, 3.63) is 10.4 Å². The number of thiazole rings is 1. The number of anilines is 2. The fourth-order valence-corrected chi connectivity index (χ4v) is 3.76. The summed E-state index contributed by atoms with van der Waals surface area (Å²) in [4.78, 5) is 6.94. The topological polar surface area (TPSA) is 64.3 Å². The van der Waals surface area contributed by atoms with Gasteiger partial charge in [0.1, 0.15) is 10.8 Å². The van der Waals surface area contributed by atoms with E-state index in [1.165, 1.54) is 24.4 Å². The van der Waals surface area contributed by atoms with Gasteiger partial charge in [0.15, 0.2) is 0 Å². The third kappa shape index (κ3) is 2.65. The third-order valence-electron chi connectivity index (χ3n) is 3.36. The smallest absolute Gasteiger partial charge is 0.148 e. The van der Waals surface area contributed by atoms with Crippen LogP contribution in [0.1, 0.15) is 17.8 Å². The van der Waals surface area contributed by atoms with Crippen LogP contribution in [0.3, 0.4) is 0 Å². The minimum atomic E-state index is 0.582. The summed E-state index contributed by atoms with van der Waals surface area (Å²) in [6, 6.07) is 0.600. The maximum atomic E-state index is 6.08. The number of aromatic nitrogens is 2. The van der Waals surface area contributed by atoms with E-state index in [1.807, 2.05) is 6.92 Å². The van der Waals surface area contributed by atoms with Gasteiger partial charge in [-0.05, 0) is 31.3 Å². The van der Waals surface area contributed by atoms with Crippen LogP contribution in [0.2, 0.25) is 0 Å². The predicted octanol–water partition coefficient (Wildman–Crippen LogP) is 2.77. The highest BCUT2D eigenvalue weighted by molar-refractivity contribution is 7.11. The molecule has 0 spiro atoms. The van der Waals surface area contributed by atoms with E-state index in [1.54, 1.807) is 18.4 Å². The van der Waals surface area contributed by atoms with E-state index in [-0.39, 0.29) is 0 Å². The van der Waals surface area contributed by atoms with E-state index < -0.39 is 0 Å². The Morgan fingerprint density at radius 1 is 1.50 bits per heavy atom. The Bertz CT molecular complexity index is 591. The molecule has 2 N–H and O–H groups in total. The Hall–Kier alpha value is -1.18. The molecule has 2 aromatic rings. The number of rotatable bonds is 6. The summed E-state index contributed by atoms with van der Waals surface area (Å²) in [5.74, 6) is 0.582. The highest BCUT2D eigenvalue weighted by atomic mass is 32.1. The lowest BCUT2D eigenvalue weighted by molar-refractivity contribution is 0.205. The molecule has 7 heteroatoms. The van der Waals surface area contributed by atoms with Crippen LogP contribution in [0.15, 0.2) is 5.38 Å². The highest BCUT2D eigenvalue weighted by Crippen LogP contribution is 2.43. The van der Waals surface area contributed by atoms with Crippen LogP contribution in [0, 0.1) is 6.92 Å². The third-order valence-corrected chi connectivity index (χ3v) is 5.03. The van der Waals surface area contributed by atoms with Gasteiger partial charge in [-0.3, -0.25) is 0 Å². The van der Waals surface area contributed by atoms with Gasteiger partial charge in [-0.25, -0.2) is 4.98 Å². The second kappa shape index (κ2) is 5.67. The first kappa shape index (κ1) is 13.8. The van der Waals surface area contributed by atoms with Crippen molar-refractivity contribution in [3.8, 4) is 11.3 Å². The normalized spacial score (nSPS) is 14.7. The fraction of sp³-hybridized carbons (Fsp3) is 0.538. The molecule has 0 unspecified atom stereocenters. The first-order valence-corrected chi connectivity index (χ1v) is 8.29. The predicted molar refractivity (Wildman–Crippen MR) is 84.6 cm³/mol. The summed E-state index contributed by atoms with van der Waals surface area (Å²) in [5, 5.41) is 4.24. The molecule has 3 rings (SSSR count). The van der Waals surface area contributed by atoms with Crippen molar-refractivity contribution in [2.45, 2.75) is 25.8 Å². The molecule has 1 aliphatic rings. The molecule has 0 saturated heterocycles. The number of aryl methyl sites for hydroxylation is 1. The minimum Gasteiger partial charge on any atom is -0.383 e. The number of nitrogens with zero attached hydrogens (tertiary/aromatic N) is 3. The summed E-state index contributed by atoms with van der Waals surface area (Å²) in [7, 11) is 1.73. The molecule has 108 valence electrons. The molecule has 1 aliphatic carbocycles. The molecule has 1 saturated carbocycles. The van der Waals surface area contributed by atoms with E-state index in [9.17, 15) is 0 Å². The van der Waals surface area contributed by atoms with Crippen molar-refractivity contribution >= 4 is 33.7 Å². The number of ether oxygens (including phenoxy) is 1. The SMILES string of the molecule is COCCN(c1snc(N)c1-c1csc(C)n1)C1CC1. The number of nitrogens with two attached hydrogens (primary N) is 1. The average molecular weight is 310 g/mol. The minimum absolute atomic E-state index is 0.582. The molecule has 20 heavy (non-hydrogen) atoms. The van der Waals surface area contributed by atoms with E-state index in [4.69, 9.17) is 10.5 Å². The molecule has 2 aromatic heterocycles. The second-order valence-corrected chi connectivity index (χ2v) is 6.73. The number of nitrogen functional groups attached to an aromatic ring is 1. The number of hydrogen-bond acceptors (Lipinski definition) is 7. The molecule has 0 aromatic carbocycles. The van der Waals surface area contributed by atoms with Gasteiger partial charge >= 0.3 is 0 Å². The van der Waals surface area contributed by atoms with Gasteiger partial charge in [0.25, 0.3) is 0 Å². The van der Waals surface area contributed by atoms with Crippen molar-refractivity contribution in [2.75, 3.05) is 30.9 Å². The van der Waals surface area contributed by atoms with Crippen LogP contribution in [0.4, 0.5) is 10.8 Å². The molecule has 0 atom stereocenters. The molecule has 5 nitrogen and oxygen atoms in total. The van der Waals surface area contributed by atoms with Crippen molar-refractivity contribution < 1.29 is 4.74 Å². The standard InChI is InChI=1S/C13H18N4OS2/c1-8-15-10(7-19-8)11-12(14)16-20-13(11)17(5-6-18-2)9-3-4-9/h7,9H,3-6H2,1-2H3,(H2,14,16). The average Bonchev–Trinajstić information content (AvgIpc) is 3.07. The molecule has 0 aliphatic heterocycles. The van der Waals surface area contributed by atoms with Gasteiger partial charge in [0, 0.05) is 25.1 Å². The van der Waals surface area contributed by atoms with E-state index in [0.717, 1.165) is 27.8 Å². The van der Waals surface area contributed by atoms with Crippen molar-refractivity contribution in [1.29, 1.82) is 0 Å². The number of hydrogen-bond donors (Lipinski definition) is 1. The lowest BCUT2D eigenvalue weighted by atomic mass is 10.2. The van der Waals surface area contributed by atoms with Crippen LogP contribution in [0.5, 0.6) is 0 Å². The van der Waals surface area contributed by atoms with Gasteiger partial charge in [-0.15, -0.1) is 11.3 Å². The summed E-state index contributed by atoms with van der Waals surface area (Å²) in [6.07, 6.45) is 2.47. The largest absolute Gasteiger partial charge is 0.383 e. The molecule has 0 amide bonds. The zero-order valence-corrected chi connectivity index (χ0v) is 13.3. The van der Waals surface area contributed by atoms with E-state index in [2.05, 4.69) is 19.6 Å². The molecular formula is C13H18N4OS2. The Labute approximate surface area is 126 Å². The monoisotopic (exact) mass is 310 g/mol. The van der Waals surface area contributed by atoms with Crippen LogP contribution < -0.4 is 10.6 Å². The first-order chi connectivity index (χ1) is 9.70. The van der Waals surface area contributed by atoms with E-state index >= 15 is 0 Å². The summed E-state index contributed by atoms with van der Waals surface area (Å²) < 4.78 is 9.57. The summed E-state index contributed by atoms with van der Waals surface area (Å²) >= 11 is 3.11. The quantitative estimate of drug-likeness (QED) is 0.889. The van der Waals surface area contributed by atoms with Crippen LogP contribution in [0.25, 0.3) is 11.3 Å². The summed E-state index contributed by atoms with van der Waals surface area (Å²) in [6.45, 7) is 3.59. The Kier molecular flexibility index (Phi) is 3.91. The van der Waals surface area contributed by atoms with Crippen LogP contribution in [-0.4, -0.2) is 35.7 Å². The van der Waals surface area contributed by atoms with Gasteiger partial charge in [-0.2, -0.15) is 4.37 Å². The highest BCUT2D eigenvalue weighted by Gasteiger charge is 2.32. The fourth-order valence-electron chi connectivity index (χ4n) is 2.23. The van der Waals surface area contributed by atoms with Crippen molar-refractivity contribution in [3.63, 3.8) is 0 Å². The second-order valence-electron chi connectivity index (χ2n) is 4.92. The Morgan fingerprint density at radius 3 is 2.90 bits per heavy atom. The lowest BCUT2D eigenvalue weighted by Gasteiger charge is -2.23. The molecule has 0 bridgehead atoms. The van der Waals surface area contributed by atoms with Crippen molar-refractivity contribution in [1.82, 2.24) is 9.36 Å². The maximum Gasteiger partial charge on any atom is 0.148 e. The number of methoxy groups -OCH3 is 1. The van der Waals surface area contributed by atoms with Crippen LogP contribution in [-0.2, 0) is 4.74 Å². The zero-order valence-electron chi connectivity index (χ0n) is 11.6. The summed E-state index contributed by atoms with van der Waals surface area (Å²) in [5.41, 5.74) is 8.01. The van der Waals surface area contributed by atoms with Crippen LogP contribution >= 0.6 is 22.9 Å². The molecule has 2 heterocycles. The Morgan fingerprint density at radius 2 is 2.30 bits per heavy atom. The van der Waals surface area contributed by atoms with Crippen molar-refractivity contribution in [2.24, 2.45) is 0 Å². The molecular weight excluding hydrogens is 292 g/mol. The molecule has 1 fully saturated rings. The van der Waals surface area contributed by atoms with Gasteiger partial charge in [-0.1, -0.05) is 0 Å². The van der Waals surface area contributed by atoms with E-state index in [0.29, 0.717) is 18.5 Å². The molecule has 0 radical (unpaired) electrons. The van der Waals surface area contributed by atoms with Gasteiger partial charge in [0.2, 0.25) is 0 Å². The zero-order chi connectivity index (χ0) is 14.1.